The van der Waals surface area contributed by atoms with Crippen molar-refractivity contribution in [3.8, 4) is 0 Å². The summed E-state index contributed by atoms with van der Waals surface area (Å²) in [6.45, 7) is 0.712. The highest BCUT2D eigenvalue weighted by Gasteiger charge is 2.21. The summed E-state index contributed by atoms with van der Waals surface area (Å²) in [6, 6.07) is 6.46. The van der Waals surface area contributed by atoms with E-state index in [-0.39, 0.29) is 28.6 Å². The molecule has 0 atom stereocenters. The zero-order chi connectivity index (χ0) is 18.2. The van der Waals surface area contributed by atoms with Crippen LogP contribution in [0.1, 0.15) is 24.8 Å². The first-order valence-corrected chi connectivity index (χ1v) is 10.2. The number of allylic oxidation sites excluding steroid dienone is 1. The van der Waals surface area contributed by atoms with Crippen molar-refractivity contribution in [1.82, 2.24) is 4.90 Å². The van der Waals surface area contributed by atoms with Crippen LogP contribution in [0.2, 0.25) is 0 Å². The Balaban J connectivity index is 2.10. The molecule has 0 saturated carbocycles. The predicted octanol–water partition coefficient (Wildman–Crippen LogP) is 3.90. The number of nitrogens with two attached hydrogens (primary N) is 1. The van der Waals surface area contributed by atoms with Crippen LogP contribution in [-0.4, -0.2) is 33.5 Å². The van der Waals surface area contributed by atoms with Crippen molar-refractivity contribution in [2.45, 2.75) is 25.8 Å². The van der Waals surface area contributed by atoms with Gasteiger partial charge in [-0.3, -0.25) is 10.2 Å². The molecule has 25 heavy (non-hydrogen) atoms. The van der Waals surface area contributed by atoms with Gasteiger partial charge in [0.05, 0.1) is 4.62 Å². The van der Waals surface area contributed by atoms with Gasteiger partial charge in [-0.05, 0) is 64.8 Å². The van der Waals surface area contributed by atoms with Crippen molar-refractivity contribution in [3.63, 3.8) is 0 Å². The van der Waals surface area contributed by atoms with Gasteiger partial charge in [0.15, 0.2) is 0 Å². The highest BCUT2D eigenvalue weighted by Crippen LogP contribution is 2.26. The highest BCUT2D eigenvalue weighted by molar-refractivity contribution is 9.18. The maximum absolute atomic E-state index is 14.0. The van der Waals surface area contributed by atoms with Crippen molar-refractivity contribution in [1.29, 1.82) is 5.41 Å². The molecule has 4 nitrogen and oxygen atoms in total. The molecule has 0 radical (unpaired) electrons. The number of nitrogens with one attached hydrogen (secondary N) is 1. The van der Waals surface area contributed by atoms with Crippen LogP contribution in [-0.2, 0) is 11.3 Å². The largest absolute Gasteiger partial charge is 0.394 e. The molecule has 0 aliphatic carbocycles. The topological polar surface area (TPSA) is 70.2 Å². The number of hydrogen-bond acceptors (Lipinski definition) is 4. The normalized spacial score (nSPS) is 15.8. The minimum absolute atomic E-state index is 0.0163. The Morgan fingerprint density at radius 3 is 2.72 bits per heavy atom. The Kier molecular flexibility index (Phi) is 7.96. The smallest absolute Gasteiger partial charge is 0.270 e. The number of halogens is 2. The van der Waals surface area contributed by atoms with Gasteiger partial charge in [0.25, 0.3) is 5.91 Å². The van der Waals surface area contributed by atoms with Crippen LogP contribution in [0, 0.1) is 17.1 Å². The van der Waals surface area contributed by atoms with E-state index in [9.17, 15) is 9.18 Å². The molecule has 7 heteroatoms. The molecule has 136 valence electrons. The van der Waals surface area contributed by atoms with Crippen LogP contribution in [0.25, 0.3) is 0 Å². The summed E-state index contributed by atoms with van der Waals surface area (Å²) in [5.74, 6) is 2.23. The Morgan fingerprint density at radius 1 is 1.40 bits per heavy atom. The molecule has 1 aromatic carbocycles. The van der Waals surface area contributed by atoms with E-state index in [0.29, 0.717) is 18.0 Å². The minimum Gasteiger partial charge on any atom is -0.394 e. The number of hydrogen-bond donors (Lipinski definition) is 2. The van der Waals surface area contributed by atoms with Gasteiger partial charge < -0.3 is 10.6 Å². The second kappa shape index (κ2) is 9.97. The van der Waals surface area contributed by atoms with Crippen LogP contribution in [0.5, 0.6) is 0 Å². The first-order chi connectivity index (χ1) is 12.0. The Labute approximate surface area is 160 Å². The van der Waals surface area contributed by atoms with Crippen LogP contribution in [0.4, 0.5) is 4.39 Å². The molecule has 1 aromatic rings. The van der Waals surface area contributed by atoms with Crippen LogP contribution >= 0.6 is 27.7 Å². The van der Waals surface area contributed by atoms with E-state index >= 15 is 0 Å². The fourth-order valence-electron chi connectivity index (χ4n) is 2.84. The SMILES string of the molecule is N=C(Br)/C=C(\N)C(=O)N(CCC1CCSCC1)Cc1ccccc1F. The molecule has 0 aromatic heterocycles. The Morgan fingerprint density at radius 2 is 2.08 bits per heavy atom. The summed E-state index contributed by atoms with van der Waals surface area (Å²) in [6.07, 6.45) is 4.47. The Bertz CT molecular complexity index is 647. The average molecular weight is 428 g/mol. The maximum atomic E-state index is 14.0. The molecular weight excluding hydrogens is 405 g/mol. The highest BCUT2D eigenvalue weighted by atomic mass is 79.9. The summed E-state index contributed by atoms with van der Waals surface area (Å²) in [5.41, 5.74) is 6.27. The predicted molar refractivity (Wildman–Crippen MR) is 105 cm³/mol. The van der Waals surface area contributed by atoms with Crippen molar-refractivity contribution in [2.24, 2.45) is 11.7 Å². The zero-order valence-corrected chi connectivity index (χ0v) is 16.4. The number of thioether (sulfide) groups is 1. The third kappa shape index (κ3) is 6.47. The number of carbonyl (C=O) groups is 1. The van der Waals surface area contributed by atoms with Crippen molar-refractivity contribution >= 4 is 38.2 Å². The molecule has 2 rings (SSSR count). The van der Waals surface area contributed by atoms with Gasteiger partial charge in [-0.1, -0.05) is 18.2 Å². The zero-order valence-electron chi connectivity index (χ0n) is 14.0. The van der Waals surface area contributed by atoms with Gasteiger partial charge in [0.2, 0.25) is 0 Å². The lowest BCUT2D eigenvalue weighted by molar-refractivity contribution is -0.128. The summed E-state index contributed by atoms with van der Waals surface area (Å²) in [5, 5.41) is 7.40. The average Bonchev–Trinajstić information content (AvgIpc) is 2.60. The van der Waals surface area contributed by atoms with E-state index in [1.807, 2.05) is 11.8 Å². The van der Waals surface area contributed by atoms with Crippen LogP contribution in [0.15, 0.2) is 36.0 Å². The quantitative estimate of drug-likeness (QED) is 0.511. The summed E-state index contributed by atoms with van der Waals surface area (Å²) < 4.78 is 14.0. The van der Waals surface area contributed by atoms with Crippen molar-refractivity contribution < 1.29 is 9.18 Å². The third-order valence-corrected chi connectivity index (χ3v) is 5.56. The van der Waals surface area contributed by atoms with E-state index in [1.54, 1.807) is 23.1 Å². The molecule has 1 saturated heterocycles. The van der Waals surface area contributed by atoms with Gasteiger partial charge in [0.1, 0.15) is 11.5 Å². The van der Waals surface area contributed by atoms with E-state index in [0.717, 1.165) is 30.8 Å². The van der Waals surface area contributed by atoms with Crippen molar-refractivity contribution in [2.75, 3.05) is 18.1 Å². The molecule has 0 unspecified atom stereocenters. The standard InChI is InChI=1S/C18H23BrFN3OS/c19-17(22)11-16(21)18(24)23(8-5-13-6-9-25-10-7-13)12-14-3-1-2-4-15(14)20/h1-4,11,13,22H,5-10,12,21H2/b16-11-,22-17?. The lowest BCUT2D eigenvalue weighted by Gasteiger charge is -2.27. The number of rotatable bonds is 7. The number of benzene rings is 1. The summed E-state index contributed by atoms with van der Waals surface area (Å²) in [7, 11) is 0. The maximum Gasteiger partial charge on any atom is 0.270 e. The molecule has 0 bridgehead atoms. The van der Waals surface area contributed by atoms with Gasteiger partial charge in [-0.15, -0.1) is 0 Å². The fraction of sp³-hybridized carbons (Fsp3) is 0.444. The number of carbonyl (C=O) groups excluding carboxylic acids is 1. The molecule has 1 amide bonds. The molecule has 1 aliphatic heterocycles. The van der Waals surface area contributed by atoms with E-state index in [2.05, 4.69) is 15.9 Å². The van der Waals surface area contributed by atoms with Crippen LogP contribution in [0.3, 0.4) is 0 Å². The molecule has 1 heterocycles. The van der Waals surface area contributed by atoms with Crippen LogP contribution < -0.4 is 5.73 Å². The molecule has 3 N–H and O–H groups in total. The third-order valence-electron chi connectivity index (χ3n) is 4.28. The first kappa shape index (κ1) is 20.0. The van der Waals surface area contributed by atoms with E-state index < -0.39 is 0 Å². The number of amides is 1. The van der Waals surface area contributed by atoms with Crippen molar-refractivity contribution in [3.05, 3.63) is 47.4 Å². The molecule has 1 fully saturated rings. The van der Waals surface area contributed by atoms with E-state index in [4.69, 9.17) is 11.1 Å². The van der Waals surface area contributed by atoms with Gasteiger partial charge in [-0.25, -0.2) is 4.39 Å². The second-order valence-electron chi connectivity index (χ2n) is 6.11. The minimum atomic E-state index is -0.363. The van der Waals surface area contributed by atoms with Gasteiger partial charge >= 0.3 is 0 Å². The van der Waals surface area contributed by atoms with E-state index in [1.165, 1.54) is 12.1 Å². The molecular formula is C18H23BrFN3OS. The lowest BCUT2D eigenvalue weighted by atomic mass is 9.98. The lowest BCUT2D eigenvalue weighted by Crippen LogP contribution is -2.36. The monoisotopic (exact) mass is 427 g/mol. The number of nitrogens with zero attached hydrogens (tertiary/aromatic N) is 1. The fourth-order valence-corrected chi connectivity index (χ4v) is 4.29. The second-order valence-corrected chi connectivity index (χ2v) is 8.19. The first-order valence-electron chi connectivity index (χ1n) is 8.29. The Hall–Kier alpha value is -1.34. The molecule has 0 spiro atoms. The summed E-state index contributed by atoms with van der Waals surface area (Å²) in [4.78, 5) is 14.2. The molecule has 1 aliphatic rings. The summed E-state index contributed by atoms with van der Waals surface area (Å²) >= 11 is 4.93. The van der Waals surface area contributed by atoms with Gasteiger partial charge in [-0.2, -0.15) is 11.8 Å². The van der Waals surface area contributed by atoms with Gasteiger partial charge in [0, 0.05) is 18.7 Å².